The molecule has 15 heavy (non-hydrogen) atoms. The van der Waals surface area contributed by atoms with E-state index in [1.165, 1.54) is 0 Å². The number of carboxylic acid groups (broad SMARTS) is 1. The van der Waals surface area contributed by atoms with Gasteiger partial charge in [0.2, 0.25) is 0 Å². The second-order valence-electron chi connectivity index (χ2n) is 4.57. The predicted octanol–water partition coefficient (Wildman–Crippen LogP) is 3.58. The van der Waals surface area contributed by atoms with Crippen LogP contribution in [0.4, 0.5) is 0 Å². The molecule has 0 saturated heterocycles. The van der Waals surface area contributed by atoms with E-state index in [0.717, 1.165) is 5.92 Å². The molecule has 0 atom stereocenters. The number of carbonyl (C=O) groups is 1. The summed E-state index contributed by atoms with van der Waals surface area (Å²) in [4.78, 5) is 9.66. The van der Waals surface area contributed by atoms with Crippen molar-refractivity contribution in [2.24, 2.45) is 11.3 Å². The number of carboxylic acids is 1. The summed E-state index contributed by atoms with van der Waals surface area (Å²) in [6.07, 6.45) is 2.26. The number of rotatable bonds is 3. The standard InChI is InChI=1S/C8H17.C4H7O2.Y/c1-6-8(4,5)7(2)3;1-3(2)4(5)6;/h6-7H,1-5H3;1-2H3,(H,5,6);/q2*-1;. The third-order valence-electron chi connectivity index (χ3n) is 2.66. The van der Waals surface area contributed by atoms with Crippen molar-refractivity contribution in [3.63, 3.8) is 0 Å². The molecule has 0 aromatic carbocycles. The maximum Gasteiger partial charge on any atom is 0.166 e. The molecule has 0 spiro atoms. The molecule has 3 heteroatoms. The van der Waals surface area contributed by atoms with Gasteiger partial charge >= 0.3 is 0 Å². The van der Waals surface area contributed by atoms with Gasteiger partial charge in [0.05, 0.1) is 0 Å². The molecule has 0 heterocycles. The summed E-state index contributed by atoms with van der Waals surface area (Å²) in [7, 11) is 0. The van der Waals surface area contributed by atoms with Gasteiger partial charge in [-0.1, -0.05) is 33.6 Å². The van der Waals surface area contributed by atoms with Gasteiger partial charge in [-0.2, -0.15) is 26.2 Å². The zero-order valence-electron chi connectivity index (χ0n) is 11.1. The summed E-state index contributed by atoms with van der Waals surface area (Å²) in [5.74, 6) is 0.359. The van der Waals surface area contributed by atoms with Crippen LogP contribution in [0.3, 0.4) is 0 Å². The number of hydrogen-bond donors (Lipinski definition) is 1. The van der Waals surface area contributed by atoms with Crippen LogP contribution in [-0.2, 0) is 37.5 Å². The normalized spacial score (nSPS) is 9.87. The van der Waals surface area contributed by atoms with Crippen molar-refractivity contribution in [1.82, 2.24) is 0 Å². The molecule has 0 aliphatic carbocycles. The van der Waals surface area contributed by atoms with Crippen LogP contribution in [0, 0.1) is 23.7 Å². The number of hydrogen-bond acceptors (Lipinski definition) is 1. The molecule has 0 aromatic rings. The smallest absolute Gasteiger partial charge is 0.166 e. The zero-order chi connectivity index (χ0) is 11.9. The Hall–Kier alpha value is 0.444. The van der Waals surface area contributed by atoms with Crippen LogP contribution < -0.4 is 0 Å². The fraction of sp³-hybridized carbons (Fsp3) is 0.750. The van der Waals surface area contributed by atoms with Gasteiger partial charge in [-0.15, -0.1) is 0 Å². The second-order valence-corrected chi connectivity index (χ2v) is 4.57. The van der Waals surface area contributed by atoms with Gasteiger partial charge in [0.1, 0.15) is 0 Å². The van der Waals surface area contributed by atoms with Gasteiger partial charge in [-0.25, -0.2) is 0 Å². The largest absolute Gasteiger partial charge is 0.503 e. The summed E-state index contributed by atoms with van der Waals surface area (Å²) in [5, 5.41) is 7.95. The van der Waals surface area contributed by atoms with Crippen LogP contribution >= 0.6 is 0 Å². The average molecular weight is 289 g/mol. The van der Waals surface area contributed by atoms with Gasteiger partial charge < -0.3 is 11.5 Å². The molecular weight excluding hydrogens is 265 g/mol. The third kappa shape index (κ3) is 12.4. The van der Waals surface area contributed by atoms with Crippen LogP contribution in [0.25, 0.3) is 0 Å². The molecule has 0 aromatic heterocycles. The van der Waals surface area contributed by atoms with Crippen LogP contribution in [-0.4, -0.2) is 11.1 Å². The van der Waals surface area contributed by atoms with E-state index in [0.29, 0.717) is 11.3 Å². The van der Waals surface area contributed by atoms with Crippen molar-refractivity contribution >= 4 is 5.97 Å². The first-order valence-electron chi connectivity index (χ1n) is 4.99. The van der Waals surface area contributed by atoms with E-state index >= 15 is 0 Å². The molecule has 89 valence electrons. The Kier molecular flexibility index (Phi) is 13.4. The van der Waals surface area contributed by atoms with Crippen LogP contribution in [0.15, 0.2) is 0 Å². The molecule has 0 aliphatic rings. The Morgan fingerprint density at radius 1 is 1.33 bits per heavy atom. The molecular formula is C12H24O2Y-2. The van der Waals surface area contributed by atoms with Crippen LogP contribution in [0.2, 0.25) is 0 Å². The quantitative estimate of drug-likeness (QED) is 0.806. The molecule has 0 bridgehead atoms. The zero-order valence-corrected chi connectivity index (χ0v) is 13.9. The van der Waals surface area contributed by atoms with Gasteiger partial charge in [0.25, 0.3) is 0 Å². The van der Waals surface area contributed by atoms with Crippen molar-refractivity contribution < 1.29 is 42.6 Å². The Morgan fingerprint density at radius 3 is 1.60 bits per heavy atom. The molecule has 1 radical (unpaired) electrons. The van der Waals surface area contributed by atoms with Crippen LogP contribution in [0.5, 0.6) is 0 Å². The summed E-state index contributed by atoms with van der Waals surface area (Å²) in [6, 6.07) is 0. The Balaban J connectivity index is -0.000000187. The van der Waals surface area contributed by atoms with Crippen molar-refractivity contribution in [2.75, 3.05) is 0 Å². The van der Waals surface area contributed by atoms with E-state index < -0.39 is 5.97 Å². The molecule has 0 saturated carbocycles. The molecule has 0 rings (SSSR count). The fourth-order valence-electron chi connectivity index (χ4n) is 0.333. The van der Waals surface area contributed by atoms with E-state index in [4.69, 9.17) is 5.11 Å². The van der Waals surface area contributed by atoms with E-state index in [-0.39, 0.29) is 32.7 Å². The predicted molar refractivity (Wildman–Crippen MR) is 60.8 cm³/mol. The van der Waals surface area contributed by atoms with Gasteiger partial charge in [0.15, 0.2) is 5.97 Å². The SMILES string of the molecule is C[C-](C)C(=O)O.C[CH-]C(C)(C)C(C)C.[Y]. The third-order valence-corrected chi connectivity index (χ3v) is 2.66. The Bertz CT molecular complexity index is 163. The van der Waals surface area contributed by atoms with Crippen molar-refractivity contribution in [2.45, 2.75) is 48.5 Å². The maximum atomic E-state index is 9.66. The van der Waals surface area contributed by atoms with Crippen LogP contribution in [0.1, 0.15) is 48.5 Å². The van der Waals surface area contributed by atoms with Gasteiger partial charge in [0, 0.05) is 32.7 Å². The molecule has 0 fully saturated rings. The van der Waals surface area contributed by atoms with E-state index in [1.807, 2.05) is 0 Å². The minimum absolute atomic E-state index is 0. The number of aliphatic carboxylic acids is 1. The van der Waals surface area contributed by atoms with Crippen molar-refractivity contribution in [3.05, 3.63) is 12.3 Å². The summed E-state index contributed by atoms with van der Waals surface area (Å²) < 4.78 is 0. The minimum Gasteiger partial charge on any atom is -0.503 e. The maximum absolute atomic E-state index is 9.66. The molecule has 0 aliphatic heterocycles. The molecule has 2 nitrogen and oxygen atoms in total. The average Bonchev–Trinajstić information content (AvgIpc) is 2.05. The van der Waals surface area contributed by atoms with Crippen molar-refractivity contribution in [1.29, 1.82) is 0 Å². The van der Waals surface area contributed by atoms with E-state index in [2.05, 4.69) is 41.0 Å². The summed E-state index contributed by atoms with van der Waals surface area (Å²) in [5.41, 5.74) is 0.417. The van der Waals surface area contributed by atoms with E-state index in [1.54, 1.807) is 13.8 Å². The van der Waals surface area contributed by atoms with Crippen molar-refractivity contribution in [3.8, 4) is 0 Å². The minimum atomic E-state index is -0.824. The Morgan fingerprint density at radius 2 is 1.60 bits per heavy atom. The first-order valence-corrected chi connectivity index (χ1v) is 4.99. The first kappa shape index (κ1) is 20.8. The topological polar surface area (TPSA) is 37.3 Å². The second kappa shape index (κ2) is 9.65. The first-order chi connectivity index (χ1) is 6.15. The molecule has 1 N–H and O–H groups in total. The summed E-state index contributed by atoms with van der Waals surface area (Å²) >= 11 is 0. The van der Waals surface area contributed by atoms with E-state index in [9.17, 15) is 4.79 Å². The molecule has 0 amide bonds. The molecule has 0 unspecified atom stereocenters. The fourth-order valence-corrected chi connectivity index (χ4v) is 0.333. The Labute approximate surface area is 120 Å². The monoisotopic (exact) mass is 289 g/mol. The summed E-state index contributed by atoms with van der Waals surface area (Å²) in [6.45, 7) is 14.3. The van der Waals surface area contributed by atoms with Gasteiger partial charge in [-0.05, 0) is 0 Å². The van der Waals surface area contributed by atoms with Gasteiger partial charge in [-0.3, -0.25) is 10.7 Å².